The molecule has 3 aliphatic rings. The predicted octanol–water partition coefficient (Wildman–Crippen LogP) is 15.0. The molecule has 3 saturated heterocycles. The summed E-state index contributed by atoms with van der Waals surface area (Å²) in [7, 11) is 0. The molecule has 19 heteroatoms. The van der Waals surface area contributed by atoms with Crippen LogP contribution in [0.2, 0.25) is 0 Å². The number of nitrogens with one attached hydrogen (secondary N) is 1. The van der Waals surface area contributed by atoms with Gasteiger partial charge in [0.15, 0.2) is 18.9 Å². The Labute approximate surface area is 635 Å². The van der Waals surface area contributed by atoms with E-state index in [9.17, 15) is 61.0 Å². The summed E-state index contributed by atoms with van der Waals surface area (Å²) >= 11 is 0. The summed E-state index contributed by atoms with van der Waals surface area (Å²) in [6.45, 7) is 1.62. The number of carbonyl (C=O) groups excluding carboxylic acids is 1. The molecule has 3 aliphatic heterocycles. The van der Waals surface area contributed by atoms with Gasteiger partial charge in [0.05, 0.1) is 38.6 Å². The third-order valence-electron chi connectivity index (χ3n) is 20.7. The van der Waals surface area contributed by atoms with Crippen molar-refractivity contribution in [2.75, 3.05) is 26.4 Å². The van der Waals surface area contributed by atoms with Gasteiger partial charge in [-0.3, -0.25) is 4.79 Å². The molecule has 3 fully saturated rings. The number of unbranched alkanes of at least 4 members (excludes halogenated alkanes) is 39. The first-order valence-electron chi connectivity index (χ1n) is 42.3. The van der Waals surface area contributed by atoms with Crippen LogP contribution in [0.5, 0.6) is 0 Å². The Morgan fingerprint density at radius 1 is 0.352 bits per heavy atom. The molecule has 0 spiro atoms. The van der Waals surface area contributed by atoms with E-state index in [0.29, 0.717) is 12.8 Å². The van der Waals surface area contributed by atoms with Crippen LogP contribution in [0, 0.1) is 0 Å². The molecule has 1 amide bonds. The van der Waals surface area contributed by atoms with Crippen LogP contribution in [0.25, 0.3) is 0 Å². The highest BCUT2D eigenvalue weighted by Crippen LogP contribution is 2.33. The number of allylic oxidation sites excluding steroid dienone is 13. The fraction of sp³-hybridized carbons (Fsp3) is 0.826. The van der Waals surface area contributed by atoms with Crippen LogP contribution in [-0.4, -0.2) is 193 Å². The van der Waals surface area contributed by atoms with Crippen molar-refractivity contribution >= 4 is 5.91 Å². The lowest BCUT2D eigenvalue weighted by molar-refractivity contribution is -0.379. The van der Waals surface area contributed by atoms with Gasteiger partial charge in [0.2, 0.25) is 5.91 Å². The van der Waals surface area contributed by atoms with Gasteiger partial charge in [-0.1, -0.05) is 317 Å². The molecule has 0 saturated carbocycles. The van der Waals surface area contributed by atoms with E-state index in [-0.39, 0.29) is 18.9 Å². The first kappa shape index (κ1) is 96.2. The smallest absolute Gasteiger partial charge is 0.220 e. The maximum atomic E-state index is 13.5. The average Bonchev–Trinajstić information content (AvgIpc) is 0.781. The molecule has 0 aliphatic carbocycles. The number of rotatable bonds is 67. The van der Waals surface area contributed by atoms with Gasteiger partial charge in [-0.2, -0.15) is 0 Å². The molecule has 17 atom stereocenters. The van der Waals surface area contributed by atoms with Crippen molar-refractivity contribution in [1.82, 2.24) is 5.32 Å². The van der Waals surface area contributed by atoms with E-state index < -0.39 is 124 Å². The molecule has 17 unspecified atom stereocenters. The Kier molecular flexibility index (Phi) is 60.1. The third kappa shape index (κ3) is 45.2. The lowest BCUT2D eigenvalue weighted by atomic mass is 9.96. The van der Waals surface area contributed by atoms with Gasteiger partial charge in [-0.25, -0.2) is 0 Å². The summed E-state index contributed by atoms with van der Waals surface area (Å²) in [5.41, 5.74) is 0. The van der Waals surface area contributed by atoms with Gasteiger partial charge in [-0.05, 0) is 83.5 Å². The summed E-state index contributed by atoms with van der Waals surface area (Å²) in [5, 5.41) is 121. The van der Waals surface area contributed by atoms with E-state index in [4.69, 9.17) is 28.4 Å². The van der Waals surface area contributed by atoms with Crippen LogP contribution in [0.3, 0.4) is 0 Å². The summed E-state index contributed by atoms with van der Waals surface area (Å²) < 4.78 is 34.4. The second-order valence-corrected chi connectivity index (χ2v) is 29.9. The highest BCUT2D eigenvalue weighted by molar-refractivity contribution is 5.76. The number of carbonyl (C=O) groups is 1. The lowest BCUT2D eigenvalue weighted by Crippen LogP contribution is -2.66. The molecule has 3 rings (SSSR count). The Bertz CT molecular complexity index is 2230. The second-order valence-electron chi connectivity index (χ2n) is 29.9. The molecule has 3 heterocycles. The van der Waals surface area contributed by atoms with Gasteiger partial charge in [0, 0.05) is 6.42 Å². The van der Waals surface area contributed by atoms with Crippen LogP contribution in [0.4, 0.5) is 0 Å². The van der Waals surface area contributed by atoms with Crippen molar-refractivity contribution in [3.63, 3.8) is 0 Å². The molecule has 610 valence electrons. The van der Waals surface area contributed by atoms with Crippen molar-refractivity contribution in [2.45, 2.75) is 426 Å². The largest absolute Gasteiger partial charge is 0.394 e. The van der Waals surface area contributed by atoms with E-state index in [1.807, 2.05) is 6.08 Å². The van der Waals surface area contributed by atoms with Crippen molar-refractivity contribution in [3.05, 3.63) is 85.1 Å². The van der Waals surface area contributed by atoms with Crippen molar-refractivity contribution in [3.8, 4) is 0 Å². The highest BCUT2D eigenvalue weighted by Gasteiger charge is 2.54. The predicted molar refractivity (Wildman–Crippen MR) is 420 cm³/mol. The van der Waals surface area contributed by atoms with Crippen LogP contribution < -0.4 is 5.32 Å². The Morgan fingerprint density at radius 2 is 0.667 bits per heavy atom. The van der Waals surface area contributed by atoms with Gasteiger partial charge in [-0.15, -0.1) is 0 Å². The third-order valence-corrected chi connectivity index (χ3v) is 20.7. The molecule has 19 nitrogen and oxygen atoms in total. The molecular formula is C86H153NO18. The minimum absolute atomic E-state index is 0.233. The normalized spacial score (nSPS) is 26.2. The number of amides is 1. The number of aliphatic hydroxyl groups is 11. The molecular weight excluding hydrogens is 1330 g/mol. The molecule has 12 N–H and O–H groups in total. The number of hydrogen-bond acceptors (Lipinski definition) is 18. The highest BCUT2D eigenvalue weighted by atomic mass is 16.8. The molecule has 0 aromatic rings. The van der Waals surface area contributed by atoms with Crippen LogP contribution >= 0.6 is 0 Å². The summed E-state index contributed by atoms with van der Waals surface area (Å²) in [4.78, 5) is 13.5. The number of hydrogen-bond donors (Lipinski definition) is 12. The fourth-order valence-electron chi connectivity index (χ4n) is 13.9. The Morgan fingerprint density at radius 3 is 1.07 bits per heavy atom. The molecule has 0 radical (unpaired) electrons. The fourth-order valence-corrected chi connectivity index (χ4v) is 13.9. The van der Waals surface area contributed by atoms with Gasteiger partial charge in [0.25, 0.3) is 0 Å². The molecule has 105 heavy (non-hydrogen) atoms. The second kappa shape index (κ2) is 65.7. The molecule has 0 aromatic heterocycles. The topological polar surface area (TPSA) is 307 Å². The van der Waals surface area contributed by atoms with Gasteiger partial charge >= 0.3 is 0 Å². The average molecular weight is 1490 g/mol. The first-order valence-corrected chi connectivity index (χ1v) is 42.3. The SMILES string of the molecule is CC/C=C\C/C=C\C/C=C\C/C=C\CCCCCCCCCCCCCCCCCCCCCCCCCCCCCCC(=O)NC(COC1OC(CO)C(OC2OC(CO)C(OC3OC(CO)C(O)C(O)C3O)C(O)C2O)C(O)C1O)C(O)/C=C/CC/C=C/CC/C=C/CCCCCCCCCCC. The van der Waals surface area contributed by atoms with Crippen LogP contribution in [0.1, 0.15) is 322 Å². The molecule has 0 aromatic carbocycles. The minimum Gasteiger partial charge on any atom is -0.394 e. The zero-order chi connectivity index (χ0) is 76.0. The first-order chi connectivity index (χ1) is 51.3. The van der Waals surface area contributed by atoms with E-state index >= 15 is 0 Å². The van der Waals surface area contributed by atoms with Crippen molar-refractivity contribution in [2.24, 2.45) is 0 Å². The van der Waals surface area contributed by atoms with E-state index in [1.54, 1.807) is 6.08 Å². The molecule has 0 bridgehead atoms. The Hall–Kier alpha value is -3.03. The Balaban J connectivity index is 1.30. The van der Waals surface area contributed by atoms with Crippen molar-refractivity contribution in [1.29, 1.82) is 0 Å². The minimum atomic E-state index is -1.98. The summed E-state index contributed by atoms with van der Waals surface area (Å²) in [6.07, 6.45) is 61.8. The number of aliphatic hydroxyl groups excluding tert-OH is 11. The van der Waals surface area contributed by atoms with E-state index in [2.05, 4.69) is 92.1 Å². The quantitative estimate of drug-likeness (QED) is 0.0199. The maximum absolute atomic E-state index is 13.5. The van der Waals surface area contributed by atoms with Gasteiger partial charge in [0.1, 0.15) is 73.2 Å². The van der Waals surface area contributed by atoms with Crippen LogP contribution in [-0.2, 0) is 33.2 Å². The maximum Gasteiger partial charge on any atom is 0.220 e. The summed E-state index contributed by atoms with van der Waals surface area (Å²) in [6, 6.07) is -0.999. The zero-order valence-electron chi connectivity index (χ0n) is 65.4. The number of ether oxygens (including phenoxy) is 6. The zero-order valence-corrected chi connectivity index (χ0v) is 65.4. The van der Waals surface area contributed by atoms with Crippen molar-refractivity contribution < 1.29 is 89.4 Å². The monoisotopic (exact) mass is 1490 g/mol. The lowest BCUT2D eigenvalue weighted by Gasteiger charge is -2.48. The van der Waals surface area contributed by atoms with Crippen LogP contribution in [0.15, 0.2) is 85.1 Å². The summed E-state index contributed by atoms with van der Waals surface area (Å²) in [5.74, 6) is -0.285. The standard InChI is InChI=1S/C86H153NO18/c1-3-5-7-9-11-13-15-17-19-21-23-24-25-26-27-28-29-30-31-32-33-34-35-36-37-38-39-40-41-42-43-44-46-48-50-52-54-56-58-60-62-64-74(92)87-69(70(91)63-61-59-57-55-53-51-49-47-45-22-20-18-16-14-12-10-8-6-4-2)68-100-84-80(98)77(95)82(72(66-89)102-84)105-86-81(99)78(96)83(73(67-90)103-86)104-85-79(97)76(94)75(93)71(65-88)101-85/h5,7,11,13,17,19,23-24,45,47,53,55,61,63,69-73,75-86,88-91,93-99H,3-4,6,8-10,12,14-16,18,20-22,25-44,46,48-52,54,56-60,62,64-68H2,1-2H3,(H,87,92)/b7-5-,13-11-,19-17-,24-23-,47-45+,55-53+,63-61+. The van der Waals surface area contributed by atoms with E-state index in [1.165, 1.54) is 218 Å². The van der Waals surface area contributed by atoms with Gasteiger partial charge < -0.3 is 89.9 Å². The van der Waals surface area contributed by atoms with E-state index in [0.717, 1.165) is 70.6 Å².